The molecule has 0 spiro atoms. The van der Waals surface area contributed by atoms with E-state index in [4.69, 9.17) is 4.74 Å². The predicted molar refractivity (Wildman–Crippen MR) is 108 cm³/mol. The molecule has 0 saturated heterocycles. The molecule has 0 atom stereocenters. The van der Waals surface area contributed by atoms with E-state index >= 15 is 0 Å². The molecule has 140 valence electrons. The summed E-state index contributed by atoms with van der Waals surface area (Å²) in [4.78, 5) is 12.6. The highest BCUT2D eigenvalue weighted by Crippen LogP contribution is 2.20. The first-order valence-corrected chi connectivity index (χ1v) is 10.3. The molecular weight excluding hydrogens is 467 g/mol. The van der Waals surface area contributed by atoms with Crippen LogP contribution in [0.3, 0.4) is 0 Å². The molecule has 0 aromatic heterocycles. The van der Waals surface area contributed by atoms with E-state index in [1.54, 1.807) is 13.2 Å². The maximum atomic E-state index is 12.5. The van der Waals surface area contributed by atoms with Crippen LogP contribution in [0.25, 0.3) is 0 Å². The fourth-order valence-corrected chi connectivity index (χ4v) is 3.83. The molecule has 26 heavy (non-hydrogen) atoms. The molecule has 8 heteroatoms. The van der Waals surface area contributed by atoms with E-state index in [0.29, 0.717) is 22.3 Å². The molecule has 1 N–H and O–H groups in total. The van der Waals surface area contributed by atoms with Crippen molar-refractivity contribution >= 4 is 38.5 Å². The number of nitrogens with one attached hydrogen (secondary N) is 1. The van der Waals surface area contributed by atoms with Gasteiger partial charge in [0.1, 0.15) is 0 Å². The van der Waals surface area contributed by atoms with Crippen LogP contribution in [0.4, 0.5) is 0 Å². The topological polar surface area (TPSA) is 75.7 Å². The number of hydrogen-bond donors (Lipinski definition) is 1. The normalized spacial score (nSPS) is 11.6. The Bertz CT molecular complexity index is 898. The van der Waals surface area contributed by atoms with Gasteiger partial charge in [-0.15, -0.1) is 0 Å². The fourth-order valence-electron chi connectivity index (χ4n) is 2.32. The van der Waals surface area contributed by atoms with Crippen molar-refractivity contribution in [1.29, 1.82) is 0 Å². The first kappa shape index (κ1) is 20.8. The summed E-state index contributed by atoms with van der Waals surface area (Å²) in [6.07, 6.45) is 0. The first-order chi connectivity index (χ1) is 12.3. The van der Waals surface area contributed by atoms with E-state index < -0.39 is 10.0 Å². The minimum atomic E-state index is -3.59. The summed E-state index contributed by atoms with van der Waals surface area (Å²) in [5.74, 6) is -0.317. The summed E-state index contributed by atoms with van der Waals surface area (Å²) < 4.78 is 31.5. The van der Waals surface area contributed by atoms with Crippen LogP contribution >= 0.6 is 22.6 Å². The van der Waals surface area contributed by atoms with Crippen molar-refractivity contribution in [3.05, 3.63) is 62.7 Å². The molecule has 2 aromatic rings. The van der Waals surface area contributed by atoms with E-state index in [9.17, 15) is 13.2 Å². The molecule has 0 radical (unpaired) electrons. The van der Waals surface area contributed by atoms with Gasteiger partial charge in [0.25, 0.3) is 5.91 Å². The zero-order valence-electron chi connectivity index (χ0n) is 14.8. The lowest BCUT2D eigenvalue weighted by molar-refractivity contribution is 0.0949. The molecule has 0 aliphatic rings. The number of carbonyl (C=O) groups is 1. The quantitative estimate of drug-likeness (QED) is 0.609. The lowest BCUT2D eigenvalue weighted by Crippen LogP contribution is -2.26. The van der Waals surface area contributed by atoms with Crippen molar-refractivity contribution in [2.24, 2.45) is 0 Å². The van der Waals surface area contributed by atoms with Gasteiger partial charge in [0.2, 0.25) is 10.0 Å². The molecule has 1 amide bonds. The van der Waals surface area contributed by atoms with Crippen LogP contribution in [0.5, 0.6) is 0 Å². The Morgan fingerprint density at radius 1 is 1.15 bits per heavy atom. The SMILES string of the molecule is COCc1cccc(CNC(=O)c2cc(S(=O)(=O)N(C)C)ccc2I)c1. The number of carbonyl (C=O) groups excluding carboxylic acids is 1. The van der Waals surface area contributed by atoms with E-state index in [1.165, 1.54) is 26.2 Å². The Morgan fingerprint density at radius 3 is 2.50 bits per heavy atom. The van der Waals surface area contributed by atoms with Gasteiger partial charge in [-0.1, -0.05) is 24.3 Å². The minimum Gasteiger partial charge on any atom is -0.380 e. The Balaban J connectivity index is 2.18. The summed E-state index contributed by atoms with van der Waals surface area (Å²) in [6, 6.07) is 12.3. The molecule has 6 nitrogen and oxygen atoms in total. The second-order valence-corrected chi connectivity index (χ2v) is 9.18. The largest absolute Gasteiger partial charge is 0.380 e. The lowest BCUT2D eigenvalue weighted by atomic mass is 10.1. The predicted octanol–water partition coefficient (Wildman–Crippen LogP) is 2.62. The number of ether oxygens (including phenoxy) is 1. The maximum Gasteiger partial charge on any atom is 0.252 e. The second kappa shape index (κ2) is 8.94. The van der Waals surface area contributed by atoms with Crippen LogP contribution < -0.4 is 5.32 Å². The van der Waals surface area contributed by atoms with Gasteiger partial charge < -0.3 is 10.1 Å². The monoisotopic (exact) mass is 488 g/mol. The third-order valence-electron chi connectivity index (χ3n) is 3.72. The van der Waals surface area contributed by atoms with Crippen LogP contribution in [0.15, 0.2) is 47.4 Å². The van der Waals surface area contributed by atoms with Gasteiger partial charge >= 0.3 is 0 Å². The van der Waals surface area contributed by atoms with E-state index in [0.717, 1.165) is 15.4 Å². The average molecular weight is 488 g/mol. The summed E-state index contributed by atoms with van der Waals surface area (Å²) in [5, 5.41) is 2.84. The van der Waals surface area contributed by atoms with Crippen molar-refractivity contribution in [3.8, 4) is 0 Å². The lowest BCUT2D eigenvalue weighted by Gasteiger charge is -2.13. The molecule has 0 fully saturated rings. The van der Waals surface area contributed by atoms with Gasteiger partial charge in [0.05, 0.1) is 17.1 Å². The number of methoxy groups -OCH3 is 1. The second-order valence-electron chi connectivity index (χ2n) is 5.86. The van der Waals surface area contributed by atoms with Crippen LogP contribution in [0, 0.1) is 3.57 Å². The van der Waals surface area contributed by atoms with Crippen molar-refractivity contribution < 1.29 is 17.9 Å². The number of halogens is 1. The molecule has 0 heterocycles. The number of amides is 1. The van der Waals surface area contributed by atoms with Gasteiger partial charge in [0.15, 0.2) is 0 Å². The van der Waals surface area contributed by atoms with E-state index in [-0.39, 0.29) is 10.8 Å². The van der Waals surface area contributed by atoms with Crippen LogP contribution in [-0.2, 0) is 27.9 Å². The number of benzene rings is 2. The minimum absolute atomic E-state index is 0.0927. The standard InChI is InChI=1S/C18H21IN2O4S/c1-21(2)26(23,24)15-7-8-17(19)16(10-15)18(22)20-11-13-5-4-6-14(9-13)12-25-3/h4-10H,11-12H2,1-3H3,(H,20,22). The van der Waals surface area contributed by atoms with Crippen LogP contribution in [0.1, 0.15) is 21.5 Å². The molecule has 0 aliphatic heterocycles. The maximum absolute atomic E-state index is 12.5. The van der Waals surface area contributed by atoms with Crippen molar-refractivity contribution in [2.75, 3.05) is 21.2 Å². The molecular formula is C18H21IN2O4S. The highest BCUT2D eigenvalue weighted by atomic mass is 127. The van der Waals surface area contributed by atoms with Crippen LogP contribution in [-0.4, -0.2) is 39.8 Å². The number of sulfonamides is 1. The first-order valence-electron chi connectivity index (χ1n) is 7.82. The summed E-state index contributed by atoms with van der Waals surface area (Å²) in [6.45, 7) is 0.848. The summed E-state index contributed by atoms with van der Waals surface area (Å²) >= 11 is 2.02. The van der Waals surface area contributed by atoms with E-state index in [1.807, 2.05) is 46.9 Å². The highest BCUT2D eigenvalue weighted by molar-refractivity contribution is 14.1. The molecule has 2 aromatic carbocycles. The van der Waals surface area contributed by atoms with E-state index in [2.05, 4.69) is 5.32 Å². The van der Waals surface area contributed by atoms with Crippen molar-refractivity contribution in [3.63, 3.8) is 0 Å². The third kappa shape index (κ3) is 5.03. The smallest absolute Gasteiger partial charge is 0.252 e. The van der Waals surface area contributed by atoms with Gasteiger partial charge in [-0.3, -0.25) is 4.79 Å². The number of nitrogens with zero attached hydrogens (tertiary/aromatic N) is 1. The molecule has 2 rings (SSSR count). The average Bonchev–Trinajstić information content (AvgIpc) is 2.60. The zero-order chi connectivity index (χ0) is 19.3. The Kier molecular flexibility index (Phi) is 7.16. The summed E-state index contributed by atoms with van der Waals surface area (Å²) in [5.41, 5.74) is 2.30. The van der Waals surface area contributed by atoms with Gasteiger partial charge in [-0.05, 0) is 51.9 Å². The van der Waals surface area contributed by atoms with Crippen molar-refractivity contribution in [1.82, 2.24) is 9.62 Å². The fraction of sp³-hybridized carbons (Fsp3) is 0.278. The zero-order valence-corrected chi connectivity index (χ0v) is 17.8. The van der Waals surface area contributed by atoms with Gasteiger partial charge in [0, 0.05) is 31.3 Å². The number of rotatable bonds is 7. The Morgan fingerprint density at radius 2 is 1.85 bits per heavy atom. The van der Waals surface area contributed by atoms with Crippen molar-refractivity contribution in [2.45, 2.75) is 18.0 Å². The van der Waals surface area contributed by atoms with Gasteiger partial charge in [-0.2, -0.15) is 0 Å². The summed E-state index contributed by atoms with van der Waals surface area (Å²) in [7, 11) is 0.954. The molecule has 0 unspecified atom stereocenters. The highest BCUT2D eigenvalue weighted by Gasteiger charge is 2.20. The Hall–Kier alpha value is -1.49. The molecule has 0 aliphatic carbocycles. The van der Waals surface area contributed by atoms with Gasteiger partial charge in [-0.25, -0.2) is 12.7 Å². The third-order valence-corrected chi connectivity index (χ3v) is 6.47. The molecule has 0 saturated carbocycles. The van der Waals surface area contributed by atoms with Crippen LogP contribution in [0.2, 0.25) is 0 Å². The molecule has 0 bridgehead atoms. The number of hydrogen-bond acceptors (Lipinski definition) is 4. The Labute approximate surface area is 167 Å².